The van der Waals surface area contributed by atoms with E-state index in [0.29, 0.717) is 24.5 Å². The van der Waals surface area contributed by atoms with E-state index in [1.54, 1.807) is 0 Å². The van der Waals surface area contributed by atoms with Crippen LogP contribution in [0.3, 0.4) is 0 Å². The first-order valence-corrected chi connectivity index (χ1v) is 11.6. The molecule has 6 heteroatoms. The molecule has 0 bridgehead atoms. The SMILES string of the molecule is C[C@@H](NC(=O)NCc1ccccc1-c1ccc(CN2CCCC2=O)cc1)c1ccc(Cl)cc1. The number of rotatable bonds is 7. The van der Waals surface area contributed by atoms with Gasteiger partial charge >= 0.3 is 6.03 Å². The lowest BCUT2D eigenvalue weighted by Crippen LogP contribution is -2.36. The van der Waals surface area contributed by atoms with Crippen molar-refractivity contribution in [2.45, 2.75) is 38.9 Å². The van der Waals surface area contributed by atoms with Crippen molar-refractivity contribution < 1.29 is 9.59 Å². The zero-order valence-corrected chi connectivity index (χ0v) is 19.4. The van der Waals surface area contributed by atoms with E-state index in [4.69, 9.17) is 11.6 Å². The second-order valence-corrected chi connectivity index (χ2v) is 8.81. The summed E-state index contributed by atoms with van der Waals surface area (Å²) in [5, 5.41) is 6.60. The standard InChI is InChI=1S/C27H28ClN3O2/c1-19(21-12-14-24(28)15-13-21)30-27(33)29-17-23-5-2-3-6-25(23)22-10-8-20(9-11-22)18-31-16-4-7-26(31)32/h2-3,5-6,8-15,19H,4,7,16-18H2,1H3,(H2,29,30,33)/t19-/m1/s1. The Kier molecular flexibility index (Phi) is 7.30. The maximum absolute atomic E-state index is 12.5. The number of benzene rings is 3. The molecule has 0 spiro atoms. The fourth-order valence-corrected chi connectivity index (χ4v) is 4.22. The Bertz CT molecular complexity index is 1110. The van der Waals surface area contributed by atoms with Crippen molar-refractivity contribution in [3.05, 3.63) is 94.5 Å². The molecular formula is C27H28ClN3O2. The lowest BCUT2D eigenvalue weighted by atomic mass is 9.98. The van der Waals surface area contributed by atoms with Gasteiger partial charge in [-0.05, 0) is 53.3 Å². The Hall–Kier alpha value is -3.31. The molecule has 33 heavy (non-hydrogen) atoms. The van der Waals surface area contributed by atoms with Crippen molar-refractivity contribution in [2.24, 2.45) is 0 Å². The van der Waals surface area contributed by atoms with E-state index in [1.165, 1.54) is 0 Å². The van der Waals surface area contributed by atoms with Crippen LogP contribution in [0.15, 0.2) is 72.8 Å². The average molecular weight is 462 g/mol. The Morgan fingerprint density at radius 1 is 1.03 bits per heavy atom. The summed E-state index contributed by atoms with van der Waals surface area (Å²) in [5.41, 5.74) is 5.31. The molecule has 1 heterocycles. The molecule has 0 aromatic heterocycles. The van der Waals surface area contributed by atoms with Gasteiger partial charge in [-0.15, -0.1) is 0 Å². The molecule has 1 fully saturated rings. The summed E-state index contributed by atoms with van der Waals surface area (Å²) in [4.78, 5) is 26.3. The van der Waals surface area contributed by atoms with E-state index < -0.39 is 0 Å². The molecule has 0 unspecified atom stereocenters. The molecule has 3 aromatic rings. The molecule has 1 atom stereocenters. The molecule has 3 amide bonds. The molecular weight excluding hydrogens is 434 g/mol. The van der Waals surface area contributed by atoms with Crippen molar-refractivity contribution in [2.75, 3.05) is 6.54 Å². The molecule has 0 saturated carbocycles. The predicted octanol–water partition coefficient (Wildman–Crippen LogP) is 5.69. The number of hydrogen-bond donors (Lipinski definition) is 2. The Labute approximate surface area is 199 Å². The highest BCUT2D eigenvalue weighted by Gasteiger charge is 2.20. The smallest absolute Gasteiger partial charge is 0.315 e. The van der Waals surface area contributed by atoms with E-state index in [2.05, 4.69) is 41.0 Å². The van der Waals surface area contributed by atoms with Crippen LogP contribution in [-0.2, 0) is 17.9 Å². The molecule has 3 aromatic carbocycles. The molecule has 5 nitrogen and oxygen atoms in total. The number of carbonyl (C=O) groups excluding carboxylic acids is 2. The van der Waals surface area contributed by atoms with Crippen molar-refractivity contribution in [1.82, 2.24) is 15.5 Å². The van der Waals surface area contributed by atoms with Crippen LogP contribution in [0.2, 0.25) is 5.02 Å². The highest BCUT2D eigenvalue weighted by molar-refractivity contribution is 6.30. The second-order valence-electron chi connectivity index (χ2n) is 8.37. The highest BCUT2D eigenvalue weighted by Crippen LogP contribution is 2.25. The third-order valence-corrected chi connectivity index (χ3v) is 6.24. The summed E-state index contributed by atoms with van der Waals surface area (Å²) < 4.78 is 0. The summed E-state index contributed by atoms with van der Waals surface area (Å²) in [6.45, 7) is 3.86. The van der Waals surface area contributed by atoms with Gasteiger partial charge in [0, 0.05) is 31.1 Å². The Morgan fingerprint density at radius 3 is 2.45 bits per heavy atom. The summed E-state index contributed by atoms with van der Waals surface area (Å²) in [7, 11) is 0. The van der Waals surface area contributed by atoms with Crippen LogP contribution < -0.4 is 10.6 Å². The molecule has 1 saturated heterocycles. The summed E-state index contributed by atoms with van der Waals surface area (Å²) >= 11 is 5.94. The highest BCUT2D eigenvalue weighted by atomic mass is 35.5. The number of nitrogens with zero attached hydrogens (tertiary/aromatic N) is 1. The lowest BCUT2D eigenvalue weighted by molar-refractivity contribution is -0.128. The van der Waals surface area contributed by atoms with E-state index >= 15 is 0 Å². The molecule has 2 N–H and O–H groups in total. The minimum absolute atomic E-state index is 0.132. The maximum atomic E-state index is 12.5. The Balaban J connectivity index is 1.37. The van der Waals surface area contributed by atoms with Crippen LogP contribution in [0.4, 0.5) is 4.79 Å². The number of likely N-dealkylation sites (tertiary alicyclic amines) is 1. The zero-order chi connectivity index (χ0) is 23.2. The first-order chi connectivity index (χ1) is 16.0. The number of nitrogens with one attached hydrogen (secondary N) is 2. The lowest BCUT2D eigenvalue weighted by Gasteiger charge is -2.17. The fraction of sp³-hybridized carbons (Fsp3) is 0.259. The number of urea groups is 1. The second kappa shape index (κ2) is 10.5. The van der Waals surface area contributed by atoms with Crippen LogP contribution >= 0.6 is 11.6 Å². The van der Waals surface area contributed by atoms with Crippen molar-refractivity contribution in [1.29, 1.82) is 0 Å². The monoisotopic (exact) mass is 461 g/mol. The van der Waals surface area contributed by atoms with E-state index in [-0.39, 0.29) is 18.0 Å². The van der Waals surface area contributed by atoms with Gasteiger partial charge < -0.3 is 15.5 Å². The van der Waals surface area contributed by atoms with Crippen molar-refractivity contribution in [3.63, 3.8) is 0 Å². The minimum atomic E-state index is -0.224. The minimum Gasteiger partial charge on any atom is -0.338 e. The number of carbonyl (C=O) groups is 2. The number of hydrogen-bond acceptors (Lipinski definition) is 2. The predicted molar refractivity (Wildman–Crippen MR) is 132 cm³/mol. The average Bonchev–Trinajstić information content (AvgIpc) is 3.23. The summed E-state index contributed by atoms with van der Waals surface area (Å²) in [6, 6.07) is 23.5. The first-order valence-electron chi connectivity index (χ1n) is 11.2. The molecule has 4 rings (SSSR count). The van der Waals surface area contributed by atoms with Crippen LogP contribution in [0.1, 0.15) is 42.5 Å². The summed E-state index contributed by atoms with van der Waals surface area (Å²) in [5.74, 6) is 0.235. The molecule has 0 aliphatic carbocycles. The Morgan fingerprint density at radius 2 is 1.76 bits per heavy atom. The van der Waals surface area contributed by atoms with Crippen molar-refractivity contribution in [3.8, 4) is 11.1 Å². The van der Waals surface area contributed by atoms with Gasteiger partial charge in [-0.2, -0.15) is 0 Å². The van der Waals surface area contributed by atoms with Crippen LogP contribution in [0.25, 0.3) is 11.1 Å². The van der Waals surface area contributed by atoms with E-state index in [9.17, 15) is 9.59 Å². The number of halogens is 1. The largest absolute Gasteiger partial charge is 0.338 e. The maximum Gasteiger partial charge on any atom is 0.315 e. The van der Waals surface area contributed by atoms with Gasteiger partial charge in [-0.1, -0.05) is 72.3 Å². The van der Waals surface area contributed by atoms with Gasteiger partial charge in [0.15, 0.2) is 0 Å². The van der Waals surface area contributed by atoms with Gasteiger partial charge in [0.1, 0.15) is 0 Å². The van der Waals surface area contributed by atoms with E-state index in [0.717, 1.165) is 40.8 Å². The van der Waals surface area contributed by atoms with Gasteiger partial charge in [0.2, 0.25) is 5.91 Å². The van der Waals surface area contributed by atoms with Crippen LogP contribution in [-0.4, -0.2) is 23.4 Å². The van der Waals surface area contributed by atoms with Crippen molar-refractivity contribution >= 4 is 23.5 Å². The number of amides is 3. The van der Waals surface area contributed by atoms with Gasteiger partial charge in [-0.25, -0.2) is 4.79 Å². The van der Waals surface area contributed by atoms with Crippen LogP contribution in [0, 0.1) is 0 Å². The van der Waals surface area contributed by atoms with Gasteiger partial charge in [-0.3, -0.25) is 4.79 Å². The van der Waals surface area contributed by atoms with Crippen LogP contribution in [0.5, 0.6) is 0 Å². The fourth-order valence-electron chi connectivity index (χ4n) is 4.10. The van der Waals surface area contributed by atoms with E-state index in [1.807, 2.05) is 54.3 Å². The molecule has 0 radical (unpaired) electrons. The van der Waals surface area contributed by atoms with Gasteiger partial charge in [0.25, 0.3) is 0 Å². The zero-order valence-electron chi connectivity index (χ0n) is 18.7. The topological polar surface area (TPSA) is 61.4 Å². The molecule has 170 valence electrons. The normalized spacial score (nSPS) is 14.2. The quantitative estimate of drug-likeness (QED) is 0.474. The van der Waals surface area contributed by atoms with Gasteiger partial charge in [0.05, 0.1) is 6.04 Å². The molecule has 1 aliphatic heterocycles. The first kappa shape index (κ1) is 22.9. The third kappa shape index (κ3) is 5.93. The summed E-state index contributed by atoms with van der Waals surface area (Å²) in [6.07, 6.45) is 1.61. The third-order valence-electron chi connectivity index (χ3n) is 5.98. The molecule has 1 aliphatic rings.